The van der Waals surface area contributed by atoms with E-state index in [1.54, 1.807) is 6.92 Å². The SMILES string of the molecule is CCOC(=O)C(C)CN(C(=O)CCCc1ccc(C)cc1)C1CC1. The Hall–Kier alpha value is -1.84. The molecule has 1 fully saturated rings. The summed E-state index contributed by atoms with van der Waals surface area (Å²) in [6, 6.07) is 8.79. The maximum Gasteiger partial charge on any atom is 0.310 e. The van der Waals surface area contributed by atoms with Crippen LogP contribution in [0.2, 0.25) is 0 Å². The van der Waals surface area contributed by atoms with Gasteiger partial charge in [0, 0.05) is 19.0 Å². The average molecular weight is 331 g/mol. The van der Waals surface area contributed by atoms with Crippen LogP contribution in [0.1, 0.15) is 50.7 Å². The van der Waals surface area contributed by atoms with Crippen molar-refractivity contribution in [3.8, 4) is 0 Å². The van der Waals surface area contributed by atoms with Crippen LogP contribution in [0.4, 0.5) is 0 Å². The Labute approximate surface area is 145 Å². The van der Waals surface area contributed by atoms with E-state index in [0.717, 1.165) is 25.7 Å². The molecule has 1 saturated carbocycles. The van der Waals surface area contributed by atoms with E-state index in [9.17, 15) is 9.59 Å². The zero-order valence-corrected chi connectivity index (χ0v) is 15.1. The maximum absolute atomic E-state index is 12.6. The highest BCUT2D eigenvalue weighted by molar-refractivity contribution is 5.78. The van der Waals surface area contributed by atoms with Crippen LogP contribution in [0, 0.1) is 12.8 Å². The third-order valence-electron chi connectivity index (χ3n) is 4.44. The number of hydrogen-bond acceptors (Lipinski definition) is 3. The van der Waals surface area contributed by atoms with Crippen molar-refractivity contribution < 1.29 is 14.3 Å². The lowest BCUT2D eigenvalue weighted by atomic mass is 10.1. The Bertz CT molecular complexity index is 549. The molecule has 0 N–H and O–H groups in total. The molecule has 0 aliphatic heterocycles. The van der Waals surface area contributed by atoms with E-state index in [0.29, 0.717) is 25.6 Å². The van der Waals surface area contributed by atoms with Gasteiger partial charge in [-0.05, 0) is 45.1 Å². The van der Waals surface area contributed by atoms with Crippen molar-refractivity contribution in [2.75, 3.05) is 13.2 Å². The largest absolute Gasteiger partial charge is 0.466 e. The molecule has 4 heteroatoms. The molecule has 1 amide bonds. The van der Waals surface area contributed by atoms with E-state index < -0.39 is 0 Å². The van der Waals surface area contributed by atoms with Crippen LogP contribution in [-0.4, -0.2) is 36.0 Å². The highest BCUT2D eigenvalue weighted by Crippen LogP contribution is 2.28. The topological polar surface area (TPSA) is 46.6 Å². The molecule has 2 rings (SSSR count). The second-order valence-electron chi connectivity index (χ2n) is 6.77. The second kappa shape index (κ2) is 8.86. The van der Waals surface area contributed by atoms with Gasteiger partial charge in [0.05, 0.1) is 12.5 Å². The summed E-state index contributed by atoms with van der Waals surface area (Å²) in [7, 11) is 0. The van der Waals surface area contributed by atoms with Crippen LogP contribution < -0.4 is 0 Å². The van der Waals surface area contributed by atoms with Gasteiger partial charge in [0.2, 0.25) is 5.91 Å². The Morgan fingerprint density at radius 2 is 1.92 bits per heavy atom. The van der Waals surface area contributed by atoms with Gasteiger partial charge in [-0.25, -0.2) is 0 Å². The number of esters is 1. The molecule has 4 nitrogen and oxygen atoms in total. The van der Waals surface area contributed by atoms with Crippen molar-refractivity contribution in [3.63, 3.8) is 0 Å². The summed E-state index contributed by atoms with van der Waals surface area (Å²) in [5, 5.41) is 0. The van der Waals surface area contributed by atoms with Gasteiger partial charge < -0.3 is 9.64 Å². The monoisotopic (exact) mass is 331 g/mol. The fraction of sp³-hybridized carbons (Fsp3) is 0.600. The number of benzene rings is 1. The zero-order chi connectivity index (χ0) is 17.5. The minimum Gasteiger partial charge on any atom is -0.466 e. The van der Waals surface area contributed by atoms with Gasteiger partial charge in [-0.15, -0.1) is 0 Å². The average Bonchev–Trinajstić information content (AvgIpc) is 3.39. The lowest BCUT2D eigenvalue weighted by Crippen LogP contribution is -2.39. The normalized spacial score (nSPS) is 15.0. The predicted octanol–water partition coefficient (Wildman–Crippen LogP) is 3.51. The molecule has 1 atom stereocenters. The number of amides is 1. The molecule has 0 saturated heterocycles. The number of carbonyl (C=O) groups excluding carboxylic acids is 2. The van der Waals surface area contributed by atoms with E-state index in [-0.39, 0.29) is 17.8 Å². The van der Waals surface area contributed by atoms with E-state index in [1.807, 2.05) is 11.8 Å². The Kier molecular flexibility index (Phi) is 6.83. The zero-order valence-electron chi connectivity index (χ0n) is 15.1. The predicted molar refractivity (Wildman–Crippen MR) is 94.6 cm³/mol. The minimum absolute atomic E-state index is 0.167. The number of nitrogens with zero attached hydrogens (tertiary/aromatic N) is 1. The lowest BCUT2D eigenvalue weighted by molar-refractivity contribution is -0.149. The van der Waals surface area contributed by atoms with Crippen LogP contribution in [0.3, 0.4) is 0 Å². The fourth-order valence-electron chi connectivity index (χ4n) is 2.84. The first-order valence-corrected chi connectivity index (χ1v) is 9.03. The van der Waals surface area contributed by atoms with Gasteiger partial charge in [-0.3, -0.25) is 9.59 Å². The third kappa shape index (κ3) is 5.66. The molecular formula is C20H29NO3. The molecule has 0 radical (unpaired) electrons. The van der Waals surface area contributed by atoms with Crippen LogP contribution >= 0.6 is 0 Å². The molecule has 1 aliphatic carbocycles. The molecule has 1 aliphatic rings. The van der Waals surface area contributed by atoms with E-state index in [1.165, 1.54) is 11.1 Å². The molecule has 1 unspecified atom stereocenters. The first-order chi connectivity index (χ1) is 11.5. The van der Waals surface area contributed by atoms with Crippen LogP contribution in [0.15, 0.2) is 24.3 Å². The highest BCUT2D eigenvalue weighted by Gasteiger charge is 2.34. The standard InChI is InChI=1S/C20H29NO3/c1-4-24-20(23)16(3)14-21(18-12-13-18)19(22)7-5-6-17-10-8-15(2)9-11-17/h8-11,16,18H,4-7,12-14H2,1-3H3. The summed E-state index contributed by atoms with van der Waals surface area (Å²) in [5.74, 6) is -0.303. The van der Waals surface area contributed by atoms with Gasteiger partial charge in [0.25, 0.3) is 0 Å². The molecule has 0 heterocycles. The summed E-state index contributed by atoms with van der Waals surface area (Å²) in [4.78, 5) is 26.3. The highest BCUT2D eigenvalue weighted by atomic mass is 16.5. The van der Waals surface area contributed by atoms with Gasteiger partial charge in [-0.2, -0.15) is 0 Å². The summed E-state index contributed by atoms with van der Waals surface area (Å²) in [6.07, 6.45) is 4.41. The van der Waals surface area contributed by atoms with Gasteiger partial charge in [0.1, 0.15) is 0 Å². The minimum atomic E-state index is -0.258. The molecule has 0 bridgehead atoms. The summed E-state index contributed by atoms with van der Waals surface area (Å²) in [6.45, 7) is 6.59. The van der Waals surface area contributed by atoms with Crippen molar-refractivity contribution >= 4 is 11.9 Å². The molecule has 0 aromatic heterocycles. The first-order valence-electron chi connectivity index (χ1n) is 9.03. The van der Waals surface area contributed by atoms with Crippen LogP contribution in [-0.2, 0) is 20.7 Å². The summed E-state index contributed by atoms with van der Waals surface area (Å²) in [5.41, 5.74) is 2.52. The second-order valence-corrected chi connectivity index (χ2v) is 6.77. The van der Waals surface area contributed by atoms with E-state index in [2.05, 4.69) is 31.2 Å². The lowest BCUT2D eigenvalue weighted by Gasteiger charge is -2.25. The summed E-state index contributed by atoms with van der Waals surface area (Å²) < 4.78 is 5.06. The third-order valence-corrected chi connectivity index (χ3v) is 4.44. The fourth-order valence-corrected chi connectivity index (χ4v) is 2.84. The Balaban J connectivity index is 1.81. The van der Waals surface area contributed by atoms with Crippen molar-refractivity contribution in [1.29, 1.82) is 0 Å². The molecule has 1 aromatic rings. The number of hydrogen-bond donors (Lipinski definition) is 0. The Morgan fingerprint density at radius 1 is 1.25 bits per heavy atom. The van der Waals surface area contributed by atoms with Crippen LogP contribution in [0.25, 0.3) is 0 Å². The van der Waals surface area contributed by atoms with Gasteiger partial charge >= 0.3 is 5.97 Å². The molecule has 1 aromatic carbocycles. The molecule has 24 heavy (non-hydrogen) atoms. The van der Waals surface area contributed by atoms with E-state index >= 15 is 0 Å². The number of carbonyl (C=O) groups is 2. The smallest absolute Gasteiger partial charge is 0.310 e. The maximum atomic E-state index is 12.6. The number of ether oxygens (including phenoxy) is 1. The van der Waals surface area contributed by atoms with Crippen molar-refractivity contribution in [2.24, 2.45) is 5.92 Å². The van der Waals surface area contributed by atoms with Gasteiger partial charge in [0.15, 0.2) is 0 Å². The van der Waals surface area contributed by atoms with Crippen molar-refractivity contribution in [2.45, 2.75) is 58.9 Å². The first kappa shape index (κ1) is 18.5. The van der Waals surface area contributed by atoms with E-state index in [4.69, 9.17) is 4.74 Å². The van der Waals surface area contributed by atoms with Crippen LogP contribution in [0.5, 0.6) is 0 Å². The number of rotatable bonds is 9. The molecule has 132 valence electrons. The Morgan fingerprint density at radius 3 is 2.50 bits per heavy atom. The molecular weight excluding hydrogens is 302 g/mol. The number of aryl methyl sites for hydroxylation is 2. The van der Waals surface area contributed by atoms with Gasteiger partial charge in [-0.1, -0.05) is 36.8 Å². The summed E-state index contributed by atoms with van der Waals surface area (Å²) >= 11 is 0. The molecule has 0 spiro atoms. The van der Waals surface area contributed by atoms with Crippen molar-refractivity contribution in [1.82, 2.24) is 4.90 Å². The quantitative estimate of drug-likeness (QED) is 0.651. The van der Waals surface area contributed by atoms with Crippen molar-refractivity contribution in [3.05, 3.63) is 35.4 Å².